The zero-order valence-electron chi connectivity index (χ0n) is 15.5. The largest absolute Gasteiger partial charge is 0.327 e. The van der Waals surface area contributed by atoms with Crippen LogP contribution in [0.1, 0.15) is 58.8 Å². The molecule has 4 heteroatoms. The Bertz CT molecular complexity index is 733. The van der Waals surface area contributed by atoms with Gasteiger partial charge < -0.3 is 5.73 Å². The second-order valence-corrected chi connectivity index (χ2v) is 9.39. The molecular formula is C21H30N4. The van der Waals surface area contributed by atoms with Crippen molar-refractivity contribution in [2.45, 2.75) is 64.8 Å². The highest BCUT2D eigenvalue weighted by atomic mass is 15.4. The quantitative estimate of drug-likeness (QED) is 0.787. The minimum Gasteiger partial charge on any atom is -0.327 e. The summed E-state index contributed by atoms with van der Waals surface area (Å²) in [5.74, 6) is 2.39. The van der Waals surface area contributed by atoms with Crippen LogP contribution in [0.4, 0.5) is 0 Å². The number of nitrogens with zero attached hydrogens (tertiary/aromatic N) is 3. The standard InChI is InChI=1S/C21H30N4/c1-20-9-7-15(22)13-14(20)3-4-16-17-5-6-19(25-12-11-23-24-25)21(17,2)10-8-18(16)20/h3,6,11-12,15-18H,4-5,7-10,13,22H2,1-2H3/t15-,16?,17?,18?,20-,21-/m0/s1. The van der Waals surface area contributed by atoms with Crippen LogP contribution >= 0.6 is 0 Å². The Labute approximate surface area is 150 Å². The summed E-state index contributed by atoms with van der Waals surface area (Å²) < 4.78 is 2.02. The van der Waals surface area contributed by atoms with Gasteiger partial charge in [0.15, 0.2) is 0 Å². The van der Waals surface area contributed by atoms with Gasteiger partial charge in [-0.2, -0.15) is 0 Å². The van der Waals surface area contributed by atoms with Gasteiger partial charge in [0.05, 0.1) is 12.4 Å². The molecule has 0 saturated heterocycles. The van der Waals surface area contributed by atoms with Crippen LogP contribution in [-0.2, 0) is 0 Å². The molecule has 2 N–H and O–H groups in total. The topological polar surface area (TPSA) is 56.7 Å². The summed E-state index contributed by atoms with van der Waals surface area (Å²) in [4.78, 5) is 0. The first-order chi connectivity index (χ1) is 12.0. The Morgan fingerprint density at radius 1 is 1.08 bits per heavy atom. The van der Waals surface area contributed by atoms with Crippen LogP contribution in [0, 0.1) is 28.6 Å². The van der Waals surface area contributed by atoms with Gasteiger partial charge in [-0.3, -0.25) is 0 Å². The summed E-state index contributed by atoms with van der Waals surface area (Å²) in [5, 5.41) is 8.34. The molecule has 3 unspecified atom stereocenters. The number of rotatable bonds is 1. The van der Waals surface area contributed by atoms with Crippen LogP contribution in [-0.4, -0.2) is 21.0 Å². The molecule has 0 radical (unpaired) electrons. The van der Waals surface area contributed by atoms with Crippen molar-refractivity contribution >= 4 is 5.70 Å². The molecule has 5 rings (SSSR count). The van der Waals surface area contributed by atoms with Crippen molar-refractivity contribution < 1.29 is 0 Å². The predicted octanol–water partition coefficient (Wildman–Crippen LogP) is 4.02. The van der Waals surface area contributed by atoms with Gasteiger partial charge in [0.1, 0.15) is 0 Å². The molecule has 0 spiro atoms. The van der Waals surface area contributed by atoms with Gasteiger partial charge in [-0.1, -0.05) is 36.8 Å². The van der Waals surface area contributed by atoms with Crippen LogP contribution in [0.25, 0.3) is 5.70 Å². The lowest BCUT2D eigenvalue weighted by atomic mass is 9.47. The number of hydrogen-bond donors (Lipinski definition) is 1. The van der Waals surface area contributed by atoms with Gasteiger partial charge in [-0.15, -0.1) is 5.10 Å². The fourth-order valence-electron chi connectivity index (χ4n) is 6.93. The molecule has 1 aromatic rings. The molecule has 2 fully saturated rings. The van der Waals surface area contributed by atoms with E-state index in [2.05, 4.69) is 36.3 Å². The summed E-state index contributed by atoms with van der Waals surface area (Å²) in [6, 6.07) is 0.386. The molecular weight excluding hydrogens is 308 g/mol. The summed E-state index contributed by atoms with van der Waals surface area (Å²) in [6.07, 6.45) is 17.5. The van der Waals surface area contributed by atoms with Crippen LogP contribution in [0.2, 0.25) is 0 Å². The van der Waals surface area contributed by atoms with Crippen LogP contribution in [0.5, 0.6) is 0 Å². The molecule has 0 aliphatic heterocycles. The number of fused-ring (bicyclic) bond motifs is 5. The van der Waals surface area contributed by atoms with Crippen molar-refractivity contribution in [3.63, 3.8) is 0 Å². The average Bonchev–Trinajstić information content (AvgIpc) is 3.22. The van der Waals surface area contributed by atoms with Crippen molar-refractivity contribution in [2.24, 2.45) is 34.3 Å². The Morgan fingerprint density at radius 3 is 2.72 bits per heavy atom. The molecule has 0 amide bonds. The average molecular weight is 338 g/mol. The maximum atomic E-state index is 6.28. The summed E-state index contributed by atoms with van der Waals surface area (Å²) in [6.45, 7) is 5.03. The van der Waals surface area contributed by atoms with E-state index >= 15 is 0 Å². The normalized spacial score (nSPS) is 45.9. The molecule has 2 saturated carbocycles. The molecule has 0 bridgehead atoms. The van der Waals surface area contributed by atoms with Crippen molar-refractivity contribution in [3.05, 3.63) is 30.1 Å². The third-order valence-electron chi connectivity index (χ3n) is 8.35. The van der Waals surface area contributed by atoms with Crippen molar-refractivity contribution in [3.8, 4) is 0 Å². The second-order valence-electron chi connectivity index (χ2n) is 9.39. The van der Waals surface area contributed by atoms with Crippen LogP contribution in [0.3, 0.4) is 0 Å². The van der Waals surface area contributed by atoms with E-state index in [1.165, 1.54) is 44.2 Å². The van der Waals surface area contributed by atoms with E-state index in [4.69, 9.17) is 5.73 Å². The van der Waals surface area contributed by atoms with E-state index in [9.17, 15) is 0 Å². The number of allylic oxidation sites excluding steroid dienone is 3. The van der Waals surface area contributed by atoms with Crippen LogP contribution < -0.4 is 5.73 Å². The highest BCUT2D eigenvalue weighted by Gasteiger charge is 2.57. The minimum atomic E-state index is 0.252. The Morgan fingerprint density at radius 2 is 1.92 bits per heavy atom. The van der Waals surface area contributed by atoms with Gasteiger partial charge in [0.25, 0.3) is 0 Å². The predicted molar refractivity (Wildman–Crippen MR) is 99.4 cm³/mol. The van der Waals surface area contributed by atoms with Crippen LogP contribution in [0.15, 0.2) is 30.1 Å². The summed E-state index contributed by atoms with van der Waals surface area (Å²) in [5.41, 5.74) is 10.0. The molecule has 0 aromatic carbocycles. The Kier molecular flexibility index (Phi) is 3.35. The zero-order chi connectivity index (χ0) is 17.2. The third kappa shape index (κ3) is 2.09. The van der Waals surface area contributed by atoms with E-state index in [0.29, 0.717) is 11.5 Å². The van der Waals surface area contributed by atoms with E-state index in [-0.39, 0.29) is 5.41 Å². The van der Waals surface area contributed by atoms with E-state index in [1.807, 2.05) is 10.9 Å². The van der Waals surface area contributed by atoms with Gasteiger partial charge in [0, 0.05) is 17.2 Å². The molecule has 1 heterocycles. The Hall–Kier alpha value is -1.42. The maximum absolute atomic E-state index is 6.28. The fraction of sp³-hybridized carbons (Fsp3) is 0.714. The Balaban J connectivity index is 1.48. The minimum absolute atomic E-state index is 0.252. The molecule has 134 valence electrons. The molecule has 25 heavy (non-hydrogen) atoms. The zero-order valence-corrected chi connectivity index (χ0v) is 15.5. The van der Waals surface area contributed by atoms with Crippen molar-refractivity contribution in [2.75, 3.05) is 0 Å². The van der Waals surface area contributed by atoms with E-state index in [0.717, 1.165) is 24.2 Å². The second kappa shape index (κ2) is 5.29. The summed E-state index contributed by atoms with van der Waals surface area (Å²) >= 11 is 0. The number of hydrogen-bond acceptors (Lipinski definition) is 3. The molecule has 4 aliphatic carbocycles. The van der Waals surface area contributed by atoms with Gasteiger partial charge in [0.2, 0.25) is 0 Å². The molecule has 4 nitrogen and oxygen atoms in total. The smallest absolute Gasteiger partial charge is 0.0697 e. The molecule has 6 atom stereocenters. The van der Waals surface area contributed by atoms with Crippen molar-refractivity contribution in [1.82, 2.24) is 15.0 Å². The van der Waals surface area contributed by atoms with Gasteiger partial charge >= 0.3 is 0 Å². The van der Waals surface area contributed by atoms with Gasteiger partial charge in [-0.25, -0.2) is 4.68 Å². The van der Waals surface area contributed by atoms with E-state index < -0.39 is 0 Å². The van der Waals surface area contributed by atoms with Gasteiger partial charge in [-0.05, 0) is 68.1 Å². The third-order valence-corrected chi connectivity index (χ3v) is 8.35. The molecule has 4 aliphatic rings. The SMILES string of the molecule is C[C@]12CC[C@H](N)CC1=CCC1C2CC[C@]2(C)C(n3ccnn3)=CCC12. The number of aromatic nitrogens is 3. The fourth-order valence-corrected chi connectivity index (χ4v) is 6.93. The highest BCUT2D eigenvalue weighted by molar-refractivity contribution is 5.56. The summed E-state index contributed by atoms with van der Waals surface area (Å²) in [7, 11) is 0. The lowest BCUT2D eigenvalue weighted by Crippen LogP contribution is -2.50. The first-order valence-corrected chi connectivity index (χ1v) is 10.0. The molecule has 1 aromatic heterocycles. The first kappa shape index (κ1) is 15.8. The van der Waals surface area contributed by atoms with E-state index in [1.54, 1.807) is 11.8 Å². The highest BCUT2D eigenvalue weighted by Crippen LogP contribution is 2.65. The number of nitrogens with two attached hydrogens (primary N) is 1. The lowest BCUT2D eigenvalue weighted by molar-refractivity contribution is -0.0130. The first-order valence-electron chi connectivity index (χ1n) is 10.0. The maximum Gasteiger partial charge on any atom is 0.0697 e. The lowest BCUT2D eigenvalue weighted by Gasteiger charge is -2.57. The van der Waals surface area contributed by atoms with Crippen molar-refractivity contribution in [1.29, 1.82) is 0 Å². The monoisotopic (exact) mass is 338 g/mol.